The van der Waals surface area contributed by atoms with Crippen molar-refractivity contribution >= 4 is 34.8 Å². The summed E-state index contributed by atoms with van der Waals surface area (Å²) < 4.78 is 20.8. The zero-order valence-corrected chi connectivity index (χ0v) is 15.6. The summed E-state index contributed by atoms with van der Waals surface area (Å²) in [5, 5.41) is 14.4. The van der Waals surface area contributed by atoms with Gasteiger partial charge in [-0.1, -0.05) is 23.2 Å². The number of halogens is 3. The molecule has 1 N–H and O–H groups in total. The number of hydrogen-bond donors (Lipinski definition) is 1. The Morgan fingerprint density at radius 1 is 1.22 bits per heavy atom. The normalized spacial score (nSPS) is 10.7. The lowest BCUT2D eigenvalue weighted by Gasteiger charge is -2.10. The minimum absolute atomic E-state index is 0.0941. The van der Waals surface area contributed by atoms with Gasteiger partial charge in [-0.05, 0) is 47.7 Å². The molecule has 0 fully saturated rings. The van der Waals surface area contributed by atoms with Crippen LogP contribution in [0.5, 0.6) is 5.75 Å². The first kappa shape index (κ1) is 19.1. The van der Waals surface area contributed by atoms with Crippen LogP contribution in [0, 0.1) is 12.7 Å². The van der Waals surface area contributed by atoms with Crippen molar-refractivity contribution in [2.45, 2.75) is 13.3 Å². The number of anilines is 1. The molecular formula is C17H14Cl2FN5O2. The molecule has 7 nitrogen and oxygen atoms in total. The average molecular weight is 410 g/mol. The number of carbonyl (C=O) groups is 1. The summed E-state index contributed by atoms with van der Waals surface area (Å²) >= 11 is 11.7. The smallest absolute Gasteiger partial charge is 0.227 e. The maximum absolute atomic E-state index is 14.0. The molecule has 1 amide bonds. The topological polar surface area (TPSA) is 81.9 Å². The third-order valence-corrected chi connectivity index (χ3v) is 4.31. The Hall–Kier alpha value is -2.71. The summed E-state index contributed by atoms with van der Waals surface area (Å²) in [6, 6.07) is 8.99. The first-order valence-corrected chi connectivity index (χ1v) is 8.62. The summed E-state index contributed by atoms with van der Waals surface area (Å²) in [6.45, 7) is 1.79. The number of aryl methyl sites for hydroxylation is 1. The number of nitrogens with zero attached hydrogens (tertiary/aromatic N) is 4. The van der Waals surface area contributed by atoms with Crippen molar-refractivity contribution in [3.05, 3.63) is 58.1 Å². The second-order valence-corrected chi connectivity index (χ2v) is 6.34. The van der Waals surface area contributed by atoms with E-state index >= 15 is 0 Å². The number of ether oxygens (including phenoxy) is 1. The van der Waals surface area contributed by atoms with Gasteiger partial charge in [-0.15, -0.1) is 5.10 Å². The van der Waals surface area contributed by atoms with E-state index in [0.29, 0.717) is 27.3 Å². The highest BCUT2D eigenvalue weighted by Crippen LogP contribution is 2.26. The summed E-state index contributed by atoms with van der Waals surface area (Å²) in [6.07, 6.45) is 0.0941. The van der Waals surface area contributed by atoms with Crippen molar-refractivity contribution in [3.8, 4) is 11.4 Å². The van der Waals surface area contributed by atoms with Crippen LogP contribution in [-0.4, -0.2) is 32.7 Å². The molecule has 27 heavy (non-hydrogen) atoms. The SMILES string of the molecule is Cc1nnnn1-c1cc(NC(=O)CCOc2ccc(Cl)c(Cl)c2)ccc1F. The van der Waals surface area contributed by atoms with Gasteiger partial charge >= 0.3 is 0 Å². The Morgan fingerprint density at radius 3 is 2.74 bits per heavy atom. The second kappa shape index (κ2) is 8.32. The Bertz CT molecular complexity index is 980. The van der Waals surface area contributed by atoms with Gasteiger partial charge in [0.1, 0.15) is 17.3 Å². The lowest BCUT2D eigenvalue weighted by Crippen LogP contribution is -2.15. The van der Waals surface area contributed by atoms with E-state index < -0.39 is 5.82 Å². The molecule has 0 saturated heterocycles. The Labute approximate surface area is 164 Å². The van der Waals surface area contributed by atoms with Gasteiger partial charge in [0.15, 0.2) is 5.82 Å². The maximum atomic E-state index is 14.0. The van der Waals surface area contributed by atoms with Crippen molar-refractivity contribution < 1.29 is 13.9 Å². The van der Waals surface area contributed by atoms with Gasteiger partial charge in [0.25, 0.3) is 0 Å². The van der Waals surface area contributed by atoms with Crippen molar-refractivity contribution in [3.63, 3.8) is 0 Å². The van der Waals surface area contributed by atoms with Gasteiger partial charge in [0.2, 0.25) is 5.91 Å². The van der Waals surface area contributed by atoms with Crippen molar-refractivity contribution in [2.75, 3.05) is 11.9 Å². The zero-order valence-electron chi connectivity index (χ0n) is 14.1. The molecule has 3 rings (SSSR count). The Balaban J connectivity index is 1.59. The number of rotatable bonds is 6. The summed E-state index contributed by atoms with van der Waals surface area (Å²) in [4.78, 5) is 12.1. The number of carbonyl (C=O) groups excluding carboxylic acids is 1. The molecule has 3 aromatic rings. The van der Waals surface area contributed by atoms with E-state index in [-0.39, 0.29) is 24.6 Å². The molecule has 1 aromatic heterocycles. The van der Waals surface area contributed by atoms with Crippen LogP contribution < -0.4 is 10.1 Å². The molecule has 2 aromatic carbocycles. The van der Waals surface area contributed by atoms with Crippen molar-refractivity contribution in [1.29, 1.82) is 0 Å². The molecule has 1 heterocycles. The fraction of sp³-hybridized carbons (Fsp3) is 0.176. The number of amides is 1. The lowest BCUT2D eigenvalue weighted by atomic mass is 10.2. The number of aromatic nitrogens is 4. The number of nitrogens with one attached hydrogen (secondary N) is 1. The Kier molecular flexibility index (Phi) is 5.88. The summed E-state index contributed by atoms with van der Waals surface area (Å²) in [7, 11) is 0. The monoisotopic (exact) mass is 409 g/mol. The predicted molar refractivity (Wildman–Crippen MR) is 99.1 cm³/mol. The van der Waals surface area contributed by atoms with Crippen LogP contribution in [0.3, 0.4) is 0 Å². The standard InChI is InChI=1S/C17H14Cl2FN5O2/c1-10-22-23-24-25(10)16-8-11(2-5-15(16)20)21-17(26)6-7-27-12-3-4-13(18)14(19)9-12/h2-5,8-9H,6-7H2,1H3,(H,21,26). The van der Waals surface area contributed by atoms with Crippen molar-refractivity contribution in [2.24, 2.45) is 0 Å². The van der Waals surface area contributed by atoms with Crippen LogP contribution in [0.1, 0.15) is 12.2 Å². The fourth-order valence-electron chi connectivity index (χ4n) is 2.26. The van der Waals surface area contributed by atoms with Gasteiger partial charge in [-0.3, -0.25) is 4.79 Å². The molecule has 0 saturated carbocycles. The van der Waals surface area contributed by atoms with Gasteiger partial charge < -0.3 is 10.1 Å². The van der Waals surface area contributed by atoms with Crippen LogP contribution in [-0.2, 0) is 4.79 Å². The molecule has 0 aliphatic rings. The quantitative estimate of drug-likeness (QED) is 0.668. The van der Waals surface area contributed by atoms with E-state index in [1.54, 1.807) is 25.1 Å². The molecule has 0 atom stereocenters. The first-order valence-electron chi connectivity index (χ1n) is 7.86. The van der Waals surface area contributed by atoms with E-state index in [1.165, 1.54) is 22.9 Å². The van der Waals surface area contributed by atoms with E-state index in [2.05, 4.69) is 20.8 Å². The van der Waals surface area contributed by atoms with E-state index in [0.717, 1.165) is 0 Å². The van der Waals surface area contributed by atoms with Crippen LogP contribution in [0.15, 0.2) is 36.4 Å². The van der Waals surface area contributed by atoms with Crippen molar-refractivity contribution in [1.82, 2.24) is 20.2 Å². The predicted octanol–water partition coefficient (Wildman–Crippen LogP) is 3.82. The van der Waals surface area contributed by atoms with Crippen LogP contribution >= 0.6 is 23.2 Å². The highest BCUT2D eigenvalue weighted by atomic mass is 35.5. The van der Waals surface area contributed by atoms with Gasteiger partial charge in [-0.2, -0.15) is 4.68 Å². The minimum atomic E-state index is -0.508. The molecule has 0 bridgehead atoms. The minimum Gasteiger partial charge on any atom is -0.493 e. The fourth-order valence-corrected chi connectivity index (χ4v) is 2.55. The average Bonchev–Trinajstić information content (AvgIpc) is 3.05. The van der Waals surface area contributed by atoms with Crippen LogP contribution in [0.25, 0.3) is 5.69 Å². The van der Waals surface area contributed by atoms with Gasteiger partial charge in [0.05, 0.1) is 23.1 Å². The molecule has 140 valence electrons. The molecule has 0 spiro atoms. The van der Waals surface area contributed by atoms with Crippen LogP contribution in [0.2, 0.25) is 10.0 Å². The molecular weight excluding hydrogens is 396 g/mol. The van der Waals surface area contributed by atoms with E-state index in [1.807, 2.05) is 0 Å². The number of tetrazole rings is 1. The molecule has 10 heteroatoms. The molecule has 0 aliphatic carbocycles. The van der Waals surface area contributed by atoms with E-state index in [4.69, 9.17) is 27.9 Å². The van der Waals surface area contributed by atoms with E-state index in [9.17, 15) is 9.18 Å². The maximum Gasteiger partial charge on any atom is 0.227 e. The third-order valence-electron chi connectivity index (χ3n) is 3.57. The third kappa shape index (κ3) is 4.72. The highest BCUT2D eigenvalue weighted by molar-refractivity contribution is 6.42. The summed E-state index contributed by atoms with van der Waals surface area (Å²) in [5.74, 6) is 0.134. The largest absolute Gasteiger partial charge is 0.493 e. The van der Waals surface area contributed by atoms with Crippen LogP contribution in [0.4, 0.5) is 10.1 Å². The highest BCUT2D eigenvalue weighted by Gasteiger charge is 2.12. The molecule has 0 aliphatic heterocycles. The number of benzene rings is 2. The molecule has 0 radical (unpaired) electrons. The Morgan fingerprint density at radius 2 is 2.04 bits per heavy atom. The first-order chi connectivity index (χ1) is 12.9. The summed E-state index contributed by atoms with van der Waals surface area (Å²) in [5.41, 5.74) is 0.559. The molecule has 0 unspecified atom stereocenters. The lowest BCUT2D eigenvalue weighted by molar-refractivity contribution is -0.116. The van der Waals surface area contributed by atoms with Gasteiger partial charge in [0, 0.05) is 11.8 Å². The number of hydrogen-bond acceptors (Lipinski definition) is 5. The van der Waals surface area contributed by atoms with Gasteiger partial charge in [-0.25, -0.2) is 4.39 Å². The second-order valence-electron chi connectivity index (χ2n) is 5.53. The zero-order chi connectivity index (χ0) is 19.4.